The zero-order valence-electron chi connectivity index (χ0n) is 17.4. The highest BCUT2D eigenvalue weighted by Gasteiger charge is 2.38. The fraction of sp³-hybridized carbons (Fsp3) is 0.130. The van der Waals surface area contributed by atoms with Crippen molar-refractivity contribution in [2.75, 3.05) is 14.2 Å². The summed E-state index contributed by atoms with van der Waals surface area (Å²) in [6.45, 7) is 0. The van der Waals surface area contributed by atoms with Crippen LogP contribution in [-0.4, -0.2) is 30.0 Å². The first-order valence-corrected chi connectivity index (χ1v) is 10.1. The molecule has 0 saturated heterocycles. The molecule has 3 aromatic rings. The van der Waals surface area contributed by atoms with Gasteiger partial charge in [0.2, 0.25) is 0 Å². The molecule has 0 unspecified atom stereocenters. The third-order valence-electron chi connectivity index (χ3n) is 4.54. The van der Waals surface area contributed by atoms with E-state index in [0.29, 0.717) is 11.1 Å². The molecule has 10 heteroatoms. The van der Waals surface area contributed by atoms with Crippen LogP contribution in [0.1, 0.15) is 22.4 Å². The van der Waals surface area contributed by atoms with E-state index in [2.05, 4.69) is 5.10 Å². The second-order valence-electron chi connectivity index (χ2n) is 6.63. The molecule has 0 bridgehead atoms. The highest BCUT2D eigenvalue weighted by Crippen LogP contribution is 2.36. The summed E-state index contributed by atoms with van der Waals surface area (Å²) in [6.07, 6.45) is 0.267. The lowest BCUT2D eigenvalue weighted by Gasteiger charge is -2.13. The fourth-order valence-electron chi connectivity index (χ4n) is 3.12. The van der Waals surface area contributed by atoms with Crippen molar-refractivity contribution in [1.82, 2.24) is 9.78 Å². The first-order chi connectivity index (χ1) is 15.7. The van der Waals surface area contributed by atoms with Crippen LogP contribution >= 0.6 is 23.2 Å². The Bertz CT molecular complexity index is 1230. The maximum atomic E-state index is 14.0. The molecule has 0 aliphatic rings. The highest BCUT2D eigenvalue weighted by molar-refractivity contribution is 6.35. The van der Waals surface area contributed by atoms with Crippen LogP contribution < -0.4 is 0 Å². The number of hydrogen-bond donors (Lipinski definition) is 0. The van der Waals surface area contributed by atoms with Gasteiger partial charge in [0.25, 0.3) is 0 Å². The number of esters is 1. The Balaban J connectivity index is 2.11. The molecule has 1 aromatic heterocycles. The zero-order chi connectivity index (χ0) is 24.2. The summed E-state index contributed by atoms with van der Waals surface area (Å²) in [4.78, 5) is 12.2. The Morgan fingerprint density at radius 1 is 1.06 bits per heavy atom. The molecule has 0 N–H and O–H groups in total. The molecule has 172 valence electrons. The molecule has 0 fully saturated rings. The van der Waals surface area contributed by atoms with Gasteiger partial charge in [0, 0.05) is 10.6 Å². The molecular weight excluding hydrogens is 480 g/mol. The van der Waals surface area contributed by atoms with E-state index in [1.165, 1.54) is 50.8 Å². The number of methoxy groups -OCH3 is 2. The van der Waals surface area contributed by atoms with Crippen LogP contribution in [-0.2, 0) is 20.4 Å². The summed E-state index contributed by atoms with van der Waals surface area (Å²) in [6, 6.07) is 10.8. The summed E-state index contributed by atoms with van der Waals surface area (Å²) in [5.74, 6) is -0.654. The molecule has 0 aliphatic heterocycles. The monoisotopic (exact) mass is 496 g/mol. The van der Waals surface area contributed by atoms with Gasteiger partial charge in [-0.1, -0.05) is 59.6 Å². The van der Waals surface area contributed by atoms with Gasteiger partial charge in [0.15, 0.2) is 5.69 Å². The Hall–Kier alpha value is -3.23. The molecule has 33 heavy (non-hydrogen) atoms. The lowest BCUT2D eigenvalue weighted by atomic mass is 9.99. The largest absolute Gasteiger partial charge is 0.503 e. The minimum Gasteiger partial charge on any atom is -0.503 e. The smallest absolute Gasteiger partial charge is 0.434 e. The number of aromatic nitrogens is 2. The average molecular weight is 497 g/mol. The lowest BCUT2D eigenvalue weighted by Crippen LogP contribution is -2.15. The normalized spacial score (nSPS) is 12.3. The molecule has 1 heterocycles. The van der Waals surface area contributed by atoms with E-state index in [4.69, 9.17) is 32.7 Å². The van der Waals surface area contributed by atoms with Crippen LogP contribution in [0.4, 0.5) is 13.2 Å². The lowest BCUT2D eigenvalue weighted by molar-refractivity contribution is -0.143. The Labute approximate surface area is 197 Å². The minimum atomic E-state index is -4.73. The topological polar surface area (TPSA) is 53.4 Å². The van der Waals surface area contributed by atoms with Crippen molar-refractivity contribution in [3.8, 4) is 5.69 Å². The second-order valence-corrected chi connectivity index (χ2v) is 7.48. The van der Waals surface area contributed by atoms with Gasteiger partial charge in [-0.3, -0.25) is 0 Å². The predicted molar refractivity (Wildman–Crippen MR) is 121 cm³/mol. The quantitative estimate of drug-likeness (QED) is 0.221. The predicted octanol–water partition coefficient (Wildman–Crippen LogP) is 6.53. The summed E-state index contributed by atoms with van der Waals surface area (Å²) >= 11 is 12.0. The van der Waals surface area contributed by atoms with E-state index in [9.17, 15) is 18.0 Å². The van der Waals surface area contributed by atoms with Gasteiger partial charge in [-0.2, -0.15) is 18.3 Å². The number of rotatable bonds is 6. The second kappa shape index (κ2) is 10.1. The van der Waals surface area contributed by atoms with E-state index < -0.39 is 17.8 Å². The van der Waals surface area contributed by atoms with Crippen molar-refractivity contribution >= 4 is 46.9 Å². The number of ether oxygens (including phenoxy) is 2. The van der Waals surface area contributed by atoms with E-state index in [-0.39, 0.29) is 26.9 Å². The number of benzene rings is 2. The number of alkyl halides is 3. The molecule has 3 rings (SSSR count). The van der Waals surface area contributed by atoms with E-state index in [0.717, 1.165) is 10.9 Å². The van der Waals surface area contributed by atoms with Gasteiger partial charge in [-0.05, 0) is 29.3 Å². The Morgan fingerprint density at radius 3 is 2.39 bits per heavy atom. The van der Waals surface area contributed by atoms with Gasteiger partial charge < -0.3 is 9.47 Å². The number of halogens is 5. The number of hydrogen-bond acceptors (Lipinski definition) is 4. The van der Waals surface area contributed by atoms with E-state index >= 15 is 0 Å². The number of nitrogens with zero attached hydrogens (tertiary/aromatic N) is 2. The Kier molecular flexibility index (Phi) is 7.50. The maximum Gasteiger partial charge on any atom is 0.434 e. The summed E-state index contributed by atoms with van der Waals surface area (Å²) in [5, 5.41) is 4.20. The van der Waals surface area contributed by atoms with Gasteiger partial charge in [0.05, 0.1) is 37.4 Å². The number of carbonyl (C=O) groups excluding carboxylic acids is 1. The molecule has 0 spiro atoms. The van der Waals surface area contributed by atoms with Gasteiger partial charge in [0.1, 0.15) is 5.57 Å². The molecule has 0 radical (unpaired) electrons. The SMILES string of the molecule is COC=C(C(=O)OC)c1ccccc1C=Cc1cnn(-c2ccc(Cl)cc2Cl)c1C(F)(F)F. The third kappa shape index (κ3) is 5.40. The maximum absolute atomic E-state index is 14.0. The van der Waals surface area contributed by atoms with Crippen LogP contribution in [0.5, 0.6) is 0 Å². The minimum absolute atomic E-state index is 0.0180. The molecule has 0 aliphatic carbocycles. The summed E-state index contributed by atoms with van der Waals surface area (Å²) in [7, 11) is 2.59. The zero-order valence-corrected chi connectivity index (χ0v) is 18.9. The van der Waals surface area contributed by atoms with Crippen molar-refractivity contribution in [3.63, 3.8) is 0 Å². The van der Waals surface area contributed by atoms with E-state index in [1.807, 2.05) is 0 Å². The van der Waals surface area contributed by atoms with Crippen molar-refractivity contribution in [3.05, 3.63) is 87.4 Å². The van der Waals surface area contributed by atoms with Crippen LogP contribution in [0.2, 0.25) is 10.0 Å². The van der Waals surface area contributed by atoms with E-state index in [1.54, 1.807) is 24.3 Å². The van der Waals surface area contributed by atoms with Gasteiger partial charge in [-0.25, -0.2) is 9.48 Å². The third-order valence-corrected chi connectivity index (χ3v) is 5.08. The molecule has 2 aromatic carbocycles. The standard InChI is InChI=1S/C23H17Cl2F3N2O3/c1-32-13-18(22(31)33-2)17-6-4-3-5-14(17)7-8-15-12-29-30(21(15)23(26,27)28)20-10-9-16(24)11-19(20)25/h3-13H,1-2H3. The Morgan fingerprint density at radius 2 is 1.76 bits per heavy atom. The molecular formula is C23H17Cl2F3N2O3. The highest BCUT2D eigenvalue weighted by atomic mass is 35.5. The summed E-state index contributed by atoms with van der Waals surface area (Å²) in [5.41, 5.74) is -0.176. The fourth-order valence-corrected chi connectivity index (χ4v) is 3.61. The van der Waals surface area contributed by atoms with Crippen LogP contribution in [0.15, 0.2) is 54.9 Å². The molecule has 0 atom stereocenters. The number of carbonyl (C=O) groups is 1. The first kappa shape index (κ1) is 24.4. The van der Waals surface area contributed by atoms with Crippen molar-refractivity contribution in [2.45, 2.75) is 6.18 Å². The van der Waals surface area contributed by atoms with Gasteiger partial charge in [-0.15, -0.1) is 0 Å². The molecule has 0 saturated carbocycles. The first-order valence-electron chi connectivity index (χ1n) is 9.36. The van der Waals surface area contributed by atoms with Crippen molar-refractivity contribution in [1.29, 1.82) is 0 Å². The van der Waals surface area contributed by atoms with Crippen LogP contribution in [0, 0.1) is 0 Å². The van der Waals surface area contributed by atoms with Crippen LogP contribution in [0.3, 0.4) is 0 Å². The molecule has 0 amide bonds. The summed E-state index contributed by atoms with van der Waals surface area (Å²) < 4.78 is 52.4. The molecule has 5 nitrogen and oxygen atoms in total. The average Bonchev–Trinajstić information content (AvgIpc) is 3.20. The van der Waals surface area contributed by atoms with Crippen LogP contribution in [0.25, 0.3) is 23.4 Å². The van der Waals surface area contributed by atoms with Crippen molar-refractivity contribution in [2.24, 2.45) is 0 Å². The van der Waals surface area contributed by atoms with Gasteiger partial charge >= 0.3 is 12.1 Å². The van der Waals surface area contributed by atoms with Crippen molar-refractivity contribution < 1.29 is 27.4 Å².